The smallest absolute Gasteiger partial charge is 0.342 e. The minimum Gasteiger partial charge on any atom is -0.507 e. The van der Waals surface area contributed by atoms with Crippen molar-refractivity contribution in [2.24, 2.45) is 5.14 Å². The fourth-order valence-electron chi connectivity index (χ4n) is 3.33. The lowest BCUT2D eigenvalue weighted by Crippen LogP contribution is -2.15. The molecule has 0 saturated heterocycles. The number of Topliss-reactive ketones (excluding diaryl/α,β-unsaturated/α-hetero) is 1. The van der Waals surface area contributed by atoms with Gasteiger partial charge in [0.1, 0.15) is 11.3 Å². The van der Waals surface area contributed by atoms with Crippen molar-refractivity contribution in [1.82, 2.24) is 4.57 Å². The number of primary sulfonamides is 1. The third-order valence-corrected chi connectivity index (χ3v) is 5.79. The van der Waals surface area contributed by atoms with Crippen molar-refractivity contribution in [3.63, 3.8) is 0 Å². The molecule has 3 N–H and O–H groups in total. The lowest BCUT2D eigenvalue weighted by Gasteiger charge is -2.11. The molecule has 1 aromatic heterocycles. The molecule has 9 heteroatoms. The summed E-state index contributed by atoms with van der Waals surface area (Å²) in [5.74, 6) is -1.41. The highest BCUT2D eigenvalue weighted by Gasteiger charge is 2.20. The van der Waals surface area contributed by atoms with Crippen LogP contribution in [-0.4, -0.2) is 36.5 Å². The molecule has 31 heavy (non-hydrogen) atoms. The van der Waals surface area contributed by atoms with Gasteiger partial charge in [-0.2, -0.15) is 0 Å². The first-order chi connectivity index (χ1) is 14.5. The molecular formula is C22H22N2O6S. The highest BCUT2D eigenvalue weighted by molar-refractivity contribution is 7.89. The number of aromatic nitrogens is 1. The maximum Gasteiger partial charge on any atom is 0.342 e. The predicted octanol–water partition coefficient (Wildman–Crippen LogP) is 2.80. The molecular weight excluding hydrogens is 420 g/mol. The van der Waals surface area contributed by atoms with Crippen molar-refractivity contribution in [2.75, 3.05) is 6.61 Å². The standard InChI is InChI=1S/C22H22N2O6S/c1-13-4-9-18(20(25)10-13)22(27)30-12-21(26)19-11-14(2)24(15(19)3)16-5-7-17(8-6-16)31(23,28)29/h4-11,25H,12H2,1-3H3,(H2,23,28,29). The number of phenols is 1. The van der Waals surface area contributed by atoms with Gasteiger partial charge in [0.05, 0.1) is 4.90 Å². The van der Waals surface area contributed by atoms with E-state index in [0.29, 0.717) is 16.9 Å². The molecule has 0 aliphatic rings. The summed E-state index contributed by atoms with van der Waals surface area (Å²) < 4.78 is 29.8. The largest absolute Gasteiger partial charge is 0.507 e. The number of nitrogens with zero attached hydrogens (tertiary/aromatic N) is 1. The highest BCUT2D eigenvalue weighted by atomic mass is 32.2. The summed E-state index contributed by atoms with van der Waals surface area (Å²) in [5.41, 5.74) is 3.15. The van der Waals surface area contributed by atoms with Crippen LogP contribution in [-0.2, 0) is 14.8 Å². The van der Waals surface area contributed by atoms with E-state index in [1.165, 1.54) is 24.3 Å². The Hall–Kier alpha value is -3.43. The Balaban J connectivity index is 1.79. The molecule has 0 unspecified atom stereocenters. The molecule has 0 radical (unpaired) electrons. The number of sulfonamides is 1. The zero-order chi connectivity index (χ0) is 22.9. The molecule has 0 bridgehead atoms. The van der Waals surface area contributed by atoms with Crippen molar-refractivity contribution < 1.29 is 27.9 Å². The fraction of sp³-hybridized carbons (Fsp3) is 0.182. The molecule has 0 saturated carbocycles. The number of hydrogen-bond acceptors (Lipinski definition) is 6. The van der Waals surface area contributed by atoms with E-state index in [9.17, 15) is 23.1 Å². The summed E-state index contributed by atoms with van der Waals surface area (Å²) in [5, 5.41) is 15.0. The minimum atomic E-state index is -3.80. The van der Waals surface area contributed by atoms with E-state index in [1.807, 2.05) is 0 Å². The molecule has 3 aromatic rings. The van der Waals surface area contributed by atoms with Gasteiger partial charge < -0.3 is 14.4 Å². The maximum absolute atomic E-state index is 12.7. The van der Waals surface area contributed by atoms with Crippen LogP contribution in [0.15, 0.2) is 53.4 Å². The topological polar surface area (TPSA) is 129 Å². The normalized spacial score (nSPS) is 11.4. The number of carbonyl (C=O) groups excluding carboxylic acids is 2. The quantitative estimate of drug-likeness (QED) is 0.446. The van der Waals surface area contributed by atoms with E-state index >= 15 is 0 Å². The van der Waals surface area contributed by atoms with Crippen LogP contribution < -0.4 is 5.14 Å². The van der Waals surface area contributed by atoms with Crippen LogP contribution in [0.4, 0.5) is 0 Å². The summed E-state index contributed by atoms with van der Waals surface area (Å²) >= 11 is 0. The summed E-state index contributed by atoms with van der Waals surface area (Å²) in [6, 6.07) is 12.2. The maximum atomic E-state index is 12.7. The van der Waals surface area contributed by atoms with Gasteiger partial charge in [0.25, 0.3) is 0 Å². The predicted molar refractivity (Wildman–Crippen MR) is 114 cm³/mol. The van der Waals surface area contributed by atoms with Gasteiger partial charge in [-0.15, -0.1) is 0 Å². The Morgan fingerprint density at radius 3 is 2.23 bits per heavy atom. The first-order valence-electron chi connectivity index (χ1n) is 9.31. The molecule has 0 amide bonds. The molecule has 0 spiro atoms. The van der Waals surface area contributed by atoms with Crippen LogP contribution in [0.3, 0.4) is 0 Å². The Morgan fingerprint density at radius 1 is 1.00 bits per heavy atom. The molecule has 0 aliphatic carbocycles. The number of phenolic OH excluding ortho intramolecular Hbond substituents is 1. The third kappa shape index (κ3) is 4.68. The number of aromatic hydroxyl groups is 1. The highest BCUT2D eigenvalue weighted by Crippen LogP contribution is 2.23. The Morgan fingerprint density at radius 2 is 1.65 bits per heavy atom. The van der Waals surface area contributed by atoms with Crippen molar-refractivity contribution in [2.45, 2.75) is 25.7 Å². The monoisotopic (exact) mass is 442 g/mol. The van der Waals surface area contributed by atoms with E-state index in [1.54, 1.807) is 49.6 Å². The Bertz CT molecular complexity index is 1270. The fourth-order valence-corrected chi connectivity index (χ4v) is 3.84. The van der Waals surface area contributed by atoms with E-state index in [4.69, 9.17) is 9.88 Å². The molecule has 0 aliphatic heterocycles. The molecule has 3 rings (SSSR count). The lowest BCUT2D eigenvalue weighted by atomic mass is 10.1. The number of aryl methyl sites for hydroxylation is 2. The van der Waals surface area contributed by atoms with Crippen LogP contribution in [0.5, 0.6) is 5.75 Å². The summed E-state index contributed by atoms with van der Waals surface area (Å²) in [6.07, 6.45) is 0. The van der Waals surface area contributed by atoms with Crippen molar-refractivity contribution in [1.29, 1.82) is 0 Å². The van der Waals surface area contributed by atoms with Gasteiger partial charge in [0.15, 0.2) is 6.61 Å². The zero-order valence-corrected chi connectivity index (χ0v) is 18.1. The molecule has 162 valence electrons. The van der Waals surface area contributed by atoms with Crippen LogP contribution >= 0.6 is 0 Å². The third-order valence-electron chi connectivity index (χ3n) is 4.86. The van der Waals surface area contributed by atoms with Gasteiger partial charge in [-0.05, 0) is 68.8 Å². The van der Waals surface area contributed by atoms with Crippen molar-refractivity contribution >= 4 is 21.8 Å². The number of hydrogen-bond donors (Lipinski definition) is 2. The van der Waals surface area contributed by atoms with E-state index in [0.717, 1.165) is 11.3 Å². The average Bonchev–Trinajstić information content (AvgIpc) is 2.99. The molecule has 0 fully saturated rings. The molecule has 0 atom stereocenters. The number of esters is 1. The molecule has 1 heterocycles. The summed E-state index contributed by atoms with van der Waals surface area (Å²) in [4.78, 5) is 24.9. The van der Waals surface area contributed by atoms with Crippen LogP contribution in [0.25, 0.3) is 5.69 Å². The second kappa shape index (κ2) is 8.37. The van der Waals surface area contributed by atoms with Gasteiger partial charge in [0, 0.05) is 22.6 Å². The number of carbonyl (C=O) groups is 2. The van der Waals surface area contributed by atoms with Crippen LogP contribution in [0.2, 0.25) is 0 Å². The van der Waals surface area contributed by atoms with Crippen molar-refractivity contribution in [3.05, 3.63) is 76.6 Å². The second-order valence-electron chi connectivity index (χ2n) is 7.18. The molecule has 8 nitrogen and oxygen atoms in total. The average molecular weight is 442 g/mol. The van der Waals surface area contributed by atoms with Crippen molar-refractivity contribution in [3.8, 4) is 11.4 Å². The number of nitrogens with two attached hydrogens (primary N) is 1. The van der Waals surface area contributed by atoms with Gasteiger partial charge in [-0.25, -0.2) is 18.4 Å². The van der Waals surface area contributed by atoms with Gasteiger partial charge in [0.2, 0.25) is 15.8 Å². The van der Waals surface area contributed by atoms with Gasteiger partial charge >= 0.3 is 5.97 Å². The summed E-state index contributed by atoms with van der Waals surface area (Å²) in [7, 11) is -3.80. The first kappa shape index (κ1) is 22.3. The number of ketones is 1. The Labute approximate surface area is 179 Å². The molecule has 2 aromatic carbocycles. The number of rotatable bonds is 6. The number of benzene rings is 2. The second-order valence-corrected chi connectivity index (χ2v) is 8.74. The van der Waals surface area contributed by atoms with E-state index in [-0.39, 0.29) is 16.2 Å². The van der Waals surface area contributed by atoms with E-state index in [2.05, 4.69) is 0 Å². The minimum absolute atomic E-state index is 0.0127. The zero-order valence-electron chi connectivity index (χ0n) is 17.2. The van der Waals surface area contributed by atoms with Gasteiger partial charge in [-0.3, -0.25) is 4.79 Å². The van der Waals surface area contributed by atoms with E-state index < -0.39 is 28.4 Å². The van der Waals surface area contributed by atoms with Crippen LogP contribution in [0, 0.1) is 20.8 Å². The Kier molecular flexibility index (Phi) is 6.01. The lowest BCUT2D eigenvalue weighted by molar-refractivity contribution is 0.0471. The van der Waals surface area contributed by atoms with Crippen LogP contribution in [0.1, 0.15) is 37.7 Å². The SMILES string of the molecule is Cc1ccc(C(=O)OCC(=O)c2cc(C)n(-c3ccc(S(N)(=O)=O)cc3)c2C)c(O)c1. The first-order valence-corrected chi connectivity index (χ1v) is 10.9. The number of ether oxygens (including phenoxy) is 1. The summed E-state index contributed by atoms with van der Waals surface area (Å²) in [6.45, 7) is 4.83. The van der Waals surface area contributed by atoms with Gasteiger partial charge in [-0.1, -0.05) is 6.07 Å².